The standard InChI is InChI=1S/C14H16N4O4S/c19-13(16-14-17-15-10-22-14)11-4-6-12(7-5-11)23(20,21)18-8-2-1-3-9-18/h4-7,10H,1-3,8-9H2,(H,16,17,19). The summed E-state index contributed by atoms with van der Waals surface area (Å²) in [6.07, 6.45) is 3.92. The molecule has 2 heterocycles. The number of amides is 1. The van der Waals surface area contributed by atoms with E-state index in [0.717, 1.165) is 25.7 Å². The van der Waals surface area contributed by atoms with Gasteiger partial charge in [0, 0.05) is 18.7 Å². The minimum absolute atomic E-state index is 0.0139. The SMILES string of the molecule is O=C(Nc1nnco1)c1ccc(S(=O)(=O)N2CCCCC2)cc1. The molecule has 1 aromatic heterocycles. The zero-order valence-electron chi connectivity index (χ0n) is 12.3. The fraction of sp³-hybridized carbons (Fsp3) is 0.357. The average Bonchev–Trinajstić information content (AvgIpc) is 3.09. The molecule has 0 spiro atoms. The van der Waals surface area contributed by atoms with Crippen molar-refractivity contribution >= 4 is 21.9 Å². The smallest absolute Gasteiger partial charge is 0.322 e. The Kier molecular flexibility index (Phi) is 4.39. The number of anilines is 1. The van der Waals surface area contributed by atoms with Crippen LogP contribution in [0.3, 0.4) is 0 Å². The van der Waals surface area contributed by atoms with Crippen molar-refractivity contribution in [3.8, 4) is 0 Å². The van der Waals surface area contributed by atoms with Gasteiger partial charge in [0.2, 0.25) is 16.4 Å². The Bertz CT molecular complexity index is 766. The Labute approximate surface area is 133 Å². The highest BCUT2D eigenvalue weighted by Crippen LogP contribution is 2.21. The van der Waals surface area contributed by atoms with Crippen LogP contribution in [-0.4, -0.2) is 41.9 Å². The van der Waals surface area contributed by atoms with Crippen molar-refractivity contribution < 1.29 is 17.6 Å². The lowest BCUT2D eigenvalue weighted by Crippen LogP contribution is -2.35. The number of piperidine rings is 1. The normalized spacial score (nSPS) is 16.2. The molecule has 0 radical (unpaired) electrons. The van der Waals surface area contributed by atoms with Gasteiger partial charge in [-0.25, -0.2) is 8.42 Å². The van der Waals surface area contributed by atoms with E-state index >= 15 is 0 Å². The number of sulfonamides is 1. The van der Waals surface area contributed by atoms with Gasteiger partial charge in [-0.2, -0.15) is 4.31 Å². The molecule has 122 valence electrons. The van der Waals surface area contributed by atoms with Crippen molar-refractivity contribution in [3.63, 3.8) is 0 Å². The maximum atomic E-state index is 12.5. The maximum Gasteiger partial charge on any atom is 0.322 e. The van der Waals surface area contributed by atoms with E-state index < -0.39 is 15.9 Å². The summed E-state index contributed by atoms with van der Waals surface area (Å²) in [6, 6.07) is 5.78. The molecule has 1 fully saturated rings. The van der Waals surface area contributed by atoms with Gasteiger partial charge in [0.05, 0.1) is 4.90 Å². The summed E-state index contributed by atoms with van der Waals surface area (Å²) in [5.41, 5.74) is 0.306. The molecule has 0 atom stereocenters. The second-order valence-electron chi connectivity index (χ2n) is 5.19. The number of benzene rings is 1. The average molecular weight is 336 g/mol. The lowest BCUT2D eigenvalue weighted by molar-refractivity contribution is 0.102. The van der Waals surface area contributed by atoms with Crippen molar-refractivity contribution in [3.05, 3.63) is 36.2 Å². The zero-order chi connectivity index (χ0) is 16.3. The maximum absolute atomic E-state index is 12.5. The summed E-state index contributed by atoms with van der Waals surface area (Å²) in [5.74, 6) is -0.448. The largest absolute Gasteiger partial charge is 0.411 e. The van der Waals surface area contributed by atoms with Gasteiger partial charge in [0.25, 0.3) is 5.91 Å². The van der Waals surface area contributed by atoms with E-state index in [2.05, 4.69) is 15.5 Å². The highest BCUT2D eigenvalue weighted by molar-refractivity contribution is 7.89. The number of hydrogen-bond acceptors (Lipinski definition) is 6. The highest BCUT2D eigenvalue weighted by atomic mass is 32.2. The van der Waals surface area contributed by atoms with Crippen molar-refractivity contribution in [1.29, 1.82) is 0 Å². The number of hydrogen-bond donors (Lipinski definition) is 1. The Hall–Kier alpha value is -2.26. The molecule has 9 heteroatoms. The minimum atomic E-state index is -3.49. The van der Waals surface area contributed by atoms with E-state index in [9.17, 15) is 13.2 Å². The fourth-order valence-electron chi connectivity index (χ4n) is 2.43. The summed E-state index contributed by atoms with van der Waals surface area (Å²) in [5, 5.41) is 9.42. The Morgan fingerprint density at radius 1 is 1.13 bits per heavy atom. The van der Waals surface area contributed by atoms with Crippen molar-refractivity contribution in [2.45, 2.75) is 24.2 Å². The summed E-state index contributed by atoms with van der Waals surface area (Å²) in [7, 11) is -3.49. The number of nitrogens with zero attached hydrogens (tertiary/aromatic N) is 3. The number of aromatic nitrogens is 2. The molecule has 3 rings (SSSR count). The third-order valence-corrected chi connectivity index (χ3v) is 5.56. The third-order valence-electron chi connectivity index (χ3n) is 3.65. The van der Waals surface area contributed by atoms with Gasteiger partial charge in [0.15, 0.2) is 0 Å². The summed E-state index contributed by atoms with van der Waals surface area (Å²) in [4.78, 5) is 12.2. The lowest BCUT2D eigenvalue weighted by atomic mass is 10.2. The molecule has 1 aliphatic heterocycles. The van der Waals surface area contributed by atoms with E-state index in [0.29, 0.717) is 18.7 Å². The first kappa shape index (κ1) is 15.6. The number of rotatable bonds is 4. The second-order valence-corrected chi connectivity index (χ2v) is 7.13. The first-order valence-corrected chi connectivity index (χ1v) is 8.69. The monoisotopic (exact) mass is 336 g/mol. The van der Waals surface area contributed by atoms with E-state index in [4.69, 9.17) is 4.42 Å². The Morgan fingerprint density at radius 2 is 1.83 bits per heavy atom. The first-order valence-electron chi connectivity index (χ1n) is 7.25. The van der Waals surface area contributed by atoms with E-state index in [1.165, 1.54) is 28.6 Å². The third kappa shape index (κ3) is 3.40. The topological polar surface area (TPSA) is 105 Å². The minimum Gasteiger partial charge on any atom is -0.411 e. The molecule has 2 aromatic rings. The van der Waals surface area contributed by atoms with Crippen LogP contribution in [0.5, 0.6) is 0 Å². The quantitative estimate of drug-likeness (QED) is 0.907. The predicted molar refractivity (Wildman–Crippen MR) is 81.3 cm³/mol. The van der Waals surface area contributed by atoms with Gasteiger partial charge in [-0.3, -0.25) is 10.1 Å². The van der Waals surface area contributed by atoms with Gasteiger partial charge in [0.1, 0.15) is 0 Å². The lowest BCUT2D eigenvalue weighted by Gasteiger charge is -2.25. The van der Waals surface area contributed by atoms with Gasteiger partial charge < -0.3 is 4.42 Å². The molecule has 1 saturated heterocycles. The van der Waals surface area contributed by atoms with Crippen molar-refractivity contribution in [1.82, 2.24) is 14.5 Å². The molecule has 1 N–H and O–H groups in total. The predicted octanol–water partition coefficient (Wildman–Crippen LogP) is 1.50. The van der Waals surface area contributed by atoms with Gasteiger partial charge in [-0.1, -0.05) is 11.5 Å². The van der Waals surface area contributed by atoms with Crippen LogP contribution in [-0.2, 0) is 10.0 Å². The molecule has 8 nitrogen and oxygen atoms in total. The molecule has 0 bridgehead atoms. The fourth-order valence-corrected chi connectivity index (χ4v) is 3.95. The van der Waals surface area contributed by atoms with Crippen LogP contribution in [0.25, 0.3) is 0 Å². The Balaban J connectivity index is 1.74. The van der Waals surface area contributed by atoms with Crippen molar-refractivity contribution in [2.75, 3.05) is 18.4 Å². The molecule has 0 unspecified atom stereocenters. The first-order chi connectivity index (χ1) is 11.1. The van der Waals surface area contributed by atoms with Gasteiger partial charge in [-0.05, 0) is 37.1 Å². The van der Waals surface area contributed by atoms with Crippen LogP contribution in [0.2, 0.25) is 0 Å². The summed E-state index contributed by atoms with van der Waals surface area (Å²) in [6.45, 7) is 1.09. The molecule has 0 saturated carbocycles. The number of nitrogens with one attached hydrogen (secondary N) is 1. The van der Waals surface area contributed by atoms with Gasteiger partial charge in [-0.15, -0.1) is 5.10 Å². The summed E-state index contributed by atoms with van der Waals surface area (Å²) >= 11 is 0. The second kappa shape index (κ2) is 6.47. The molecule has 1 aromatic carbocycles. The van der Waals surface area contributed by atoms with Crippen LogP contribution < -0.4 is 5.32 Å². The van der Waals surface area contributed by atoms with E-state index in [-0.39, 0.29) is 10.9 Å². The number of carbonyl (C=O) groups excluding carboxylic acids is 1. The van der Waals surface area contributed by atoms with Crippen LogP contribution in [0.15, 0.2) is 40.0 Å². The number of carbonyl (C=O) groups is 1. The highest BCUT2D eigenvalue weighted by Gasteiger charge is 2.25. The molecule has 0 aliphatic carbocycles. The zero-order valence-corrected chi connectivity index (χ0v) is 13.1. The molecule has 23 heavy (non-hydrogen) atoms. The summed E-state index contributed by atoms with van der Waals surface area (Å²) < 4.78 is 31.3. The molecular formula is C14H16N4O4S. The van der Waals surface area contributed by atoms with E-state index in [1.54, 1.807) is 0 Å². The molecule has 1 aliphatic rings. The van der Waals surface area contributed by atoms with E-state index in [1.807, 2.05) is 0 Å². The molecule has 1 amide bonds. The van der Waals surface area contributed by atoms with Crippen molar-refractivity contribution in [2.24, 2.45) is 0 Å². The molecular weight excluding hydrogens is 320 g/mol. The van der Waals surface area contributed by atoms with Crippen LogP contribution in [0.4, 0.5) is 6.01 Å². The van der Waals surface area contributed by atoms with Crippen LogP contribution in [0.1, 0.15) is 29.6 Å². The Morgan fingerprint density at radius 3 is 2.43 bits per heavy atom. The van der Waals surface area contributed by atoms with Crippen LogP contribution in [0, 0.1) is 0 Å². The van der Waals surface area contributed by atoms with Crippen LogP contribution >= 0.6 is 0 Å². The van der Waals surface area contributed by atoms with Gasteiger partial charge >= 0.3 is 6.01 Å².